The van der Waals surface area contributed by atoms with Gasteiger partial charge in [-0.25, -0.2) is 0 Å². The lowest BCUT2D eigenvalue weighted by Gasteiger charge is -2.07. The molecule has 0 aromatic heterocycles. The van der Waals surface area contributed by atoms with Crippen LogP contribution in [0.15, 0.2) is 48.5 Å². The van der Waals surface area contributed by atoms with Gasteiger partial charge in [-0.2, -0.15) is 0 Å². The van der Waals surface area contributed by atoms with Gasteiger partial charge >= 0.3 is 0 Å². The van der Waals surface area contributed by atoms with Crippen molar-refractivity contribution in [2.75, 3.05) is 12.4 Å². The number of benzene rings is 2. The Hall–Kier alpha value is -2.46. The smallest absolute Gasteiger partial charge is 0.255 e. The summed E-state index contributed by atoms with van der Waals surface area (Å²) in [6.07, 6.45) is 0. The second-order valence-electron chi connectivity index (χ2n) is 4.72. The highest BCUT2D eigenvalue weighted by Crippen LogP contribution is 2.13. The molecule has 21 heavy (non-hydrogen) atoms. The number of carbonyl (C=O) groups excluding carboxylic acids is 2. The molecule has 1 N–H and O–H groups in total. The summed E-state index contributed by atoms with van der Waals surface area (Å²) in [6, 6.07) is 14.1. The number of hydrogen-bond donors (Lipinski definition) is 1. The molecule has 2 aromatic carbocycles. The average Bonchev–Trinajstić information content (AvgIpc) is 2.48. The molecule has 1 amide bonds. The third kappa shape index (κ3) is 4.00. The molecule has 0 saturated heterocycles. The molecule has 0 aliphatic heterocycles. The highest BCUT2D eigenvalue weighted by molar-refractivity contribution is 6.05. The SMILES string of the molecule is COCc1ccc(C(=O)Nc2cccc(C(C)=O)c2)cc1. The van der Waals surface area contributed by atoms with Crippen LogP contribution in [0.25, 0.3) is 0 Å². The fourth-order valence-corrected chi connectivity index (χ4v) is 1.94. The molecule has 0 saturated carbocycles. The molecule has 4 heteroatoms. The third-order valence-electron chi connectivity index (χ3n) is 3.05. The number of Topliss-reactive ketones (excluding diaryl/α,β-unsaturated/α-hetero) is 1. The van der Waals surface area contributed by atoms with E-state index in [1.54, 1.807) is 43.5 Å². The van der Waals surface area contributed by atoms with Gasteiger partial charge in [0.2, 0.25) is 0 Å². The molecule has 0 fully saturated rings. The van der Waals surface area contributed by atoms with Crippen molar-refractivity contribution in [2.24, 2.45) is 0 Å². The first-order chi connectivity index (χ1) is 10.1. The van der Waals surface area contributed by atoms with E-state index in [9.17, 15) is 9.59 Å². The second-order valence-corrected chi connectivity index (χ2v) is 4.72. The Morgan fingerprint density at radius 1 is 1.05 bits per heavy atom. The van der Waals surface area contributed by atoms with Gasteiger partial charge in [0.05, 0.1) is 6.61 Å². The molecule has 108 valence electrons. The summed E-state index contributed by atoms with van der Waals surface area (Å²) in [5, 5.41) is 2.78. The topological polar surface area (TPSA) is 55.4 Å². The largest absolute Gasteiger partial charge is 0.380 e. The minimum absolute atomic E-state index is 0.0324. The van der Waals surface area contributed by atoms with Crippen molar-refractivity contribution in [1.82, 2.24) is 0 Å². The first-order valence-corrected chi connectivity index (χ1v) is 6.60. The van der Waals surface area contributed by atoms with E-state index in [2.05, 4.69) is 5.32 Å². The van der Waals surface area contributed by atoms with Gasteiger partial charge in [0, 0.05) is 23.9 Å². The van der Waals surface area contributed by atoms with Gasteiger partial charge in [0.1, 0.15) is 0 Å². The maximum Gasteiger partial charge on any atom is 0.255 e. The van der Waals surface area contributed by atoms with Gasteiger partial charge in [-0.1, -0.05) is 24.3 Å². The monoisotopic (exact) mass is 283 g/mol. The van der Waals surface area contributed by atoms with E-state index < -0.39 is 0 Å². The minimum Gasteiger partial charge on any atom is -0.380 e. The fraction of sp³-hybridized carbons (Fsp3) is 0.176. The zero-order chi connectivity index (χ0) is 15.2. The number of ketones is 1. The average molecular weight is 283 g/mol. The van der Waals surface area contributed by atoms with Crippen LogP contribution >= 0.6 is 0 Å². The fourth-order valence-electron chi connectivity index (χ4n) is 1.94. The summed E-state index contributed by atoms with van der Waals surface area (Å²) >= 11 is 0. The van der Waals surface area contributed by atoms with Gasteiger partial charge in [-0.15, -0.1) is 0 Å². The minimum atomic E-state index is -0.209. The molecule has 0 heterocycles. The van der Waals surface area contributed by atoms with Crippen LogP contribution in [0.2, 0.25) is 0 Å². The summed E-state index contributed by atoms with van der Waals surface area (Å²) in [5.74, 6) is -0.241. The Labute approximate surface area is 123 Å². The normalized spacial score (nSPS) is 10.2. The standard InChI is InChI=1S/C17H17NO3/c1-12(19)15-4-3-5-16(10-15)18-17(20)14-8-6-13(7-9-14)11-21-2/h3-10H,11H2,1-2H3,(H,18,20). The molecule has 4 nitrogen and oxygen atoms in total. The molecule has 2 rings (SSSR count). The Bertz CT molecular complexity index is 647. The van der Waals surface area contributed by atoms with Crippen LogP contribution in [0.3, 0.4) is 0 Å². The molecule has 0 aliphatic rings. The van der Waals surface area contributed by atoms with E-state index in [0.717, 1.165) is 5.56 Å². The number of ether oxygens (including phenoxy) is 1. The number of nitrogens with one attached hydrogen (secondary N) is 1. The number of rotatable bonds is 5. The van der Waals surface area contributed by atoms with Crippen molar-refractivity contribution in [2.45, 2.75) is 13.5 Å². The molecular weight excluding hydrogens is 266 g/mol. The van der Waals surface area contributed by atoms with Crippen molar-refractivity contribution >= 4 is 17.4 Å². The van der Waals surface area contributed by atoms with E-state index in [1.165, 1.54) is 6.92 Å². The maximum atomic E-state index is 12.1. The summed E-state index contributed by atoms with van der Waals surface area (Å²) < 4.78 is 5.03. The van der Waals surface area contributed by atoms with E-state index in [-0.39, 0.29) is 11.7 Å². The zero-order valence-electron chi connectivity index (χ0n) is 12.1. The van der Waals surface area contributed by atoms with Crippen molar-refractivity contribution in [3.05, 3.63) is 65.2 Å². The summed E-state index contributed by atoms with van der Waals surface area (Å²) in [5.41, 5.74) is 2.74. The van der Waals surface area contributed by atoms with Gasteiger partial charge < -0.3 is 10.1 Å². The molecule has 0 aliphatic carbocycles. The quantitative estimate of drug-likeness (QED) is 0.857. The van der Waals surface area contributed by atoms with Crippen LogP contribution < -0.4 is 5.32 Å². The summed E-state index contributed by atoms with van der Waals surface area (Å²) in [7, 11) is 1.63. The van der Waals surface area contributed by atoms with Gasteiger partial charge in [-0.05, 0) is 36.8 Å². The van der Waals surface area contributed by atoms with Gasteiger partial charge in [0.15, 0.2) is 5.78 Å². The number of anilines is 1. The van der Waals surface area contributed by atoms with Crippen LogP contribution in [-0.4, -0.2) is 18.8 Å². The lowest BCUT2D eigenvalue weighted by atomic mass is 10.1. The molecule has 0 spiro atoms. The van der Waals surface area contributed by atoms with Crippen LogP contribution in [-0.2, 0) is 11.3 Å². The highest BCUT2D eigenvalue weighted by Gasteiger charge is 2.07. The van der Waals surface area contributed by atoms with Crippen molar-refractivity contribution < 1.29 is 14.3 Å². The molecule has 0 radical (unpaired) electrons. The number of carbonyl (C=O) groups is 2. The summed E-state index contributed by atoms with van der Waals surface area (Å²) in [4.78, 5) is 23.5. The predicted octanol–water partition coefficient (Wildman–Crippen LogP) is 3.29. The number of amides is 1. The predicted molar refractivity (Wildman–Crippen MR) is 81.6 cm³/mol. The molecule has 0 atom stereocenters. The maximum absolute atomic E-state index is 12.1. The van der Waals surface area contributed by atoms with Gasteiger partial charge in [0.25, 0.3) is 5.91 Å². The van der Waals surface area contributed by atoms with Crippen LogP contribution in [0, 0.1) is 0 Å². The third-order valence-corrected chi connectivity index (χ3v) is 3.05. The molecule has 0 unspecified atom stereocenters. The first-order valence-electron chi connectivity index (χ1n) is 6.60. The Balaban J connectivity index is 2.10. The van der Waals surface area contributed by atoms with E-state index in [0.29, 0.717) is 23.4 Å². The van der Waals surface area contributed by atoms with Crippen LogP contribution in [0.5, 0.6) is 0 Å². The van der Waals surface area contributed by atoms with E-state index in [1.807, 2.05) is 12.1 Å². The Morgan fingerprint density at radius 3 is 2.38 bits per heavy atom. The lowest BCUT2D eigenvalue weighted by molar-refractivity contribution is 0.101. The van der Waals surface area contributed by atoms with Crippen LogP contribution in [0.1, 0.15) is 33.2 Å². The van der Waals surface area contributed by atoms with E-state index >= 15 is 0 Å². The van der Waals surface area contributed by atoms with Crippen molar-refractivity contribution in [1.29, 1.82) is 0 Å². The van der Waals surface area contributed by atoms with Gasteiger partial charge in [-0.3, -0.25) is 9.59 Å². The van der Waals surface area contributed by atoms with Crippen molar-refractivity contribution in [3.63, 3.8) is 0 Å². The number of methoxy groups -OCH3 is 1. The molecular formula is C17H17NO3. The second kappa shape index (κ2) is 6.81. The lowest BCUT2D eigenvalue weighted by Crippen LogP contribution is -2.12. The summed E-state index contributed by atoms with van der Waals surface area (Å²) in [6.45, 7) is 2.01. The van der Waals surface area contributed by atoms with Crippen molar-refractivity contribution in [3.8, 4) is 0 Å². The molecule has 0 bridgehead atoms. The van der Waals surface area contributed by atoms with E-state index in [4.69, 9.17) is 4.74 Å². The molecule has 2 aromatic rings. The Kier molecular flexibility index (Phi) is 4.85. The van der Waals surface area contributed by atoms with Crippen LogP contribution in [0.4, 0.5) is 5.69 Å². The zero-order valence-corrected chi connectivity index (χ0v) is 12.1. The highest BCUT2D eigenvalue weighted by atomic mass is 16.5. The number of hydrogen-bond acceptors (Lipinski definition) is 3. The first kappa shape index (κ1) is 14.9. The Morgan fingerprint density at radius 2 is 1.76 bits per heavy atom.